The molecule has 1 saturated heterocycles. The van der Waals surface area contributed by atoms with Crippen LogP contribution < -0.4 is 9.46 Å². The molecule has 0 saturated carbocycles. The standard InChI is InChI=1S/C18H27N3O5S/c1-15(22)20-9-11-21(12-10-20)18(23)6-8-19-27(24,25)13-7-16-4-3-5-17(14-16)26-2/h3-5,14,19H,6-13H2,1-2H3. The van der Waals surface area contributed by atoms with Crippen LogP contribution in [0.5, 0.6) is 5.75 Å². The van der Waals surface area contributed by atoms with Crippen molar-refractivity contribution in [3.63, 3.8) is 0 Å². The maximum atomic E-state index is 12.2. The number of sulfonamides is 1. The molecular formula is C18H27N3O5S. The van der Waals surface area contributed by atoms with Gasteiger partial charge in [0.2, 0.25) is 21.8 Å². The van der Waals surface area contributed by atoms with Gasteiger partial charge < -0.3 is 14.5 Å². The molecule has 0 atom stereocenters. The molecule has 2 amide bonds. The molecule has 0 bridgehead atoms. The Morgan fingerprint density at radius 3 is 2.44 bits per heavy atom. The number of ether oxygens (including phenoxy) is 1. The van der Waals surface area contributed by atoms with Crippen molar-refractivity contribution in [3.05, 3.63) is 29.8 Å². The highest BCUT2D eigenvalue weighted by Crippen LogP contribution is 2.13. The Bertz CT molecular complexity index is 758. The summed E-state index contributed by atoms with van der Waals surface area (Å²) in [7, 11) is -1.90. The summed E-state index contributed by atoms with van der Waals surface area (Å²) in [6.07, 6.45) is 0.478. The number of rotatable bonds is 8. The molecule has 1 fully saturated rings. The van der Waals surface area contributed by atoms with Crippen molar-refractivity contribution in [3.8, 4) is 5.75 Å². The largest absolute Gasteiger partial charge is 0.497 e. The number of methoxy groups -OCH3 is 1. The Morgan fingerprint density at radius 2 is 1.81 bits per heavy atom. The van der Waals surface area contributed by atoms with E-state index in [0.29, 0.717) is 38.3 Å². The minimum atomic E-state index is -3.46. The van der Waals surface area contributed by atoms with Gasteiger partial charge in [-0.3, -0.25) is 9.59 Å². The molecule has 1 aromatic carbocycles. The number of hydrogen-bond acceptors (Lipinski definition) is 5. The van der Waals surface area contributed by atoms with E-state index in [-0.39, 0.29) is 30.5 Å². The van der Waals surface area contributed by atoms with Crippen molar-refractivity contribution in [1.82, 2.24) is 14.5 Å². The van der Waals surface area contributed by atoms with Crippen molar-refractivity contribution in [1.29, 1.82) is 0 Å². The number of nitrogens with one attached hydrogen (secondary N) is 1. The van der Waals surface area contributed by atoms with Crippen molar-refractivity contribution in [2.24, 2.45) is 0 Å². The zero-order valence-corrected chi connectivity index (χ0v) is 16.6. The fraction of sp³-hybridized carbons (Fsp3) is 0.556. The fourth-order valence-electron chi connectivity index (χ4n) is 2.89. The highest BCUT2D eigenvalue weighted by molar-refractivity contribution is 7.89. The second-order valence-corrected chi connectivity index (χ2v) is 8.38. The summed E-state index contributed by atoms with van der Waals surface area (Å²) >= 11 is 0. The van der Waals surface area contributed by atoms with Gasteiger partial charge in [0.1, 0.15) is 5.75 Å². The Morgan fingerprint density at radius 1 is 1.15 bits per heavy atom. The quantitative estimate of drug-likeness (QED) is 0.678. The lowest BCUT2D eigenvalue weighted by Gasteiger charge is -2.34. The minimum Gasteiger partial charge on any atom is -0.497 e. The molecule has 1 N–H and O–H groups in total. The fourth-order valence-corrected chi connectivity index (χ4v) is 3.96. The molecule has 0 aliphatic carbocycles. The number of aryl methyl sites for hydroxylation is 1. The van der Waals surface area contributed by atoms with Crippen LogP contribution in [0.1, 0.15) is 18.9 Å². The molecule has 1 aliphatic heterocycles. The topological polar surface area (TPSA) is 96.0 Å². The maximum Gasteiger partial charge on any atom is 0.224 e. The number of benzene rings is 1. The average molecular weight is 397 g/mol. The Kier molecular flexibility index (Phi) is 7.61. The third-order valence-corrected chi connectivity index (χ3v) is 5.92. The molecular weight excluding hydrogens is 370 g/mol. The number of nitrogens with zero attached hydrogens (tertiary/aromatic N) is 2. The summed E-state index contributed by atoms with van der Waals surface area (Å²) in [4.78, 5) is 26.9. The summed E-state index contributed by atoms with van der Waals surface area (Å²) in [6.45, 7) is 3.60. The minimum absolute atomic E-state index is 0.00546. The van der Waals surface area contributed by atoms with Crippen LogP contribution in [-0.2, 0) is 26.0 Å². The van der Waals surface area contributed by atoms with Crippen LogP contribution in [0, 0.1) is 0 Å². The zero-order valence-electron chi connectivity index (χ0n) is 15.8. The van der Waals surface area contributed by atoms with E-state index in [1.54, 1.807) is 29.0 Å². The van der Waals surface area contributed by atoms with E-state index < -0.39 is 10.0 Å². The van der Waals surface area contributed by atoms with Crippen LogP contribution in [0.2, 0.25) is 0 Å². The smallest absolute Gasteiger partial charge is 0.224 e. The van der Waals surface area contributed by atoms with Crippen LogP contribution in [-0.4, -0.2) is 75.6 Å². The first-order valence-corrected chi connectivity index (χ1v) is 10.6. The maximum absolute atomic E-state index is 12.2. The van der Waals surface area contributed by atoms with E-state index >= 15 is 0 Å². The Hall–Kier alpha value is -2.13. The molecule has 1 aliphatic rings. The van der Waals surface area contributed by atoms with Crippen LogP contribution in [0.15, 0.2) is 24.3 Å². The second-order valence-electron chi connectivity index (χ2n) is 6.45. The molecule has 0 unspecified atom stereocenters. The first-order valence-electron chi connectivity index (χ1n) is 8.94. The molecule has 27 heavy (non-hydrogen) atoms. The molecule has 2 rings (SSSR count). The van der Waals surface area contributed by atoms with Crippen molar-refractivity contribution in [2.75, 3.05) is 45.6 Å². The summed E-state index contributed by atoms with van der Waals surface area (Å²) in [6, 6.07) is 7.28. The highest BCUT2D eigenvalue weighted by atomic mass is 32.2. The molecule has 0 aromatic heterocycles. The van der Waals surface area contributed by atoms with E-state index in [1.165, 1.54) is 6.92 Å². The number of carbonyl (C=O) groups excluding carboxylic acids is 2. The molecule has 0 radical (unpaired) electrons. The summed E-state index contributed by atoms with van der Waals surface area (Å²) in [5, 5.41) is 0. The van der Waals surface area contributed by atoms with Crippen LogP contribution in [0.4, 0.5) is 0 Å². The molecule has 0 spiro atoms. The zero-order chi connectivity index (χ0) is 19.9. The lowest BCUT2D eigenvalue weighted by atomic mass is 10.2. The number of carbonyl (C=O) groups is 2. The number of hydrogen-bond donors (Lipinski definition) is 1. The molecule has 1 heterocycles. The van der Waals surface area contributed by atoms with Gasteiger partial charge in [-0.25, -0.2) is 13.1 Å². The molecule has 1 aromatic rings. The predicted molar refractivity (Wildman–Crippen MR) is 102 cm³/mol. The first kappa shape index (κ1) is 21.2. The first-order chi connectivity index (χ1) is 12.8. The van der Waals surface area contributed by atoms with E-state index in [2.05, 4.69) is 4.72 Å². The normalized spacial score (nSPS) is 14.9. The van der Waals surface area contributed by atoms with E-state index in [4.69, 9.17) is 4.74 Å². The Balaban J connectivity index is 1.72. The van der Waals surface area contributed by atoms with Gasteiger partial charge in [-0.2, -0.15) is 0 Å². The molecule has 9 heteroatoms. The highest BCUT2D eigenvalue weighted by Gasteiger charge is 2.22. The molecule has 8 nitrogen and oxygen atoms in total. The molecule has 150 valence electrons. The lowest BCUT2D eigenvalue weighted by Crippen LogP contribution is -2.50. The van der Waals surface area contributed by atoms with Crippen molar-refractivity contribution >= 4 is 21.8 Å². The monoisotopic (exact) mass is 397 g/mol. The van der Waals surface area contributed by atoms with Gasteiger partial charge in [-0.15, -0.1) is 0 Å². The summed E-state index contributed by atoms with van der Waals surface area (Å²) < 4.78 is 31.9. The number of amides is 2. The summed E-state index contributed by atoms with van der Waals surface area (Å²) in [5.41, 5.74) is 0.874. The van der Waals surface area contributed by atoms with Crippen molar-refractivity contribution in [2.45, 2.75) is 19.8 Å². The van der Waals surface area contributed by atoms with Crippen molar-refractivity contribution < 1.29 is 22.7 Å². The van der Waals surface area contributed by atoms with Gasteiger partial charge in [0.25, 0.3) is 0 Å². The van der Waals surface area contributed by atoms with Gasteiger partial charge in [0.05, 0.1) is 12.9 Å². The van der Waals surface area contributed by atoms with Gasteiger partial charge in [0, 0.05) is 46.1 Å². The SMILES string of the molecule is COc1cccc(CCS(=O)(=O)NCCC(=O)N2CCN(C(C)=O)CC2)c1. The number of piperazine rings is 1. The Labute approximate surface area is 160 Å². The van der Waals surface area contributed by atoms with Crippen LogP contribution in [0.3, 0.4) is 0 Å². The van der Waals surface area contributed by atoms with E-state index in [1.807, 2.05) is 12.1 Å². The predicted octanol–water partition coefficient (Wildman–Crippen LogP) is 0.238. The third-order valence-electron chi connectivity index (χ3n) is 4.53. The van der Waals surface area contributed by atoms with Gasteiger partial charge in [0.15, 0.2) is 0 Å². The third kappa shape index (κ3) is 6.84. The van der Waals surface area contributed by atoms with Crippen LogP contribution >= 0.6 is 0 Å². The van der Waals surface area contributed by atoms with Gasteiger partial charge in [-0.1, -0.05) is 12.1 Å². The van der Waals surface area contributed by atoms with Gasteiger partial charge in [-0.05, 0) is 24.1 Å². The van der Waals surface area contributed by atoms with Crippen LogP contribution in [0.25, 0.3) is 0 Å². The second kappa shape index (κ2) is 9.70. The van der Waals surface area contributed by atoms with E-state index in [0.717, 1.165) is 5.56 Å². The van der Waals surface area contributed by atoms with E-state index in [9.17, 15) is 18.0 Å². The van der Waals surface area contributed by atoms with Gasteiger partial charge >= 0.3 is 0 Å². The summed E-state index contributed by atoms with van der Waals surface area (Å²) in [5.74, 6) is 0.541. The average Bonchev–Trinajstić information content (AvgIpc) is 2.66. The lowest BCUT2D eigenvalue weighted by molar-refractivity contribution is -0.138.